The van der Waals surface area contributed by atoms with Gasteiger partial charge in [-0.2, -0.15) is 0 Å². The molecule has 0 aliphatic carbocycles. The lowest BCUT2D eigenvalue weighted by Gasteiger charge is -2.34. The highest BCUT2D eigenvalue weighted by Crippen LogP contribution is 2.19. The van der Waals surface area contributed by atoms with Crippen LogP contribution in [0.15, 0.2) is 59.2 Å². The Kier molecular flexibility index (Phi) is 6.81. The lowest BCUT2D eigenvalue weighted by atomic mass is 10.2. The first-order valence-electron chi connectivity index (χ1n) is 11.0. The molecule has 1 aliphatic heterocycles. The predicted molar refractivity (Wildman–Crippen MR) is 126 cm³/mol. The van der Waals surface area contributed by atoms with E-state index in [0.717, 1.165) is 61.2 Å². The molecule has 168 valence electrons. The summed E-state index contributed by atoms with van der Waals surface area (Å²) in [6.07, 6.45) is 5.34. The Morgan fingerprint density at radius 3 is 2.47 bits per heavy atom. The molecule has 0 radical (unpaired) electrons. The smallest absolute Gasteiger partial charge is 0.246 e. The number of nitrogens with zero attached hydrogens (tertiary/aromatic N) is 3. The third-order valence-corrected chi connectivity index (χ3v) is 6.16. The van der Waals surface area contributed by atoms with Crippen molar-refractivity contribution in [2.75, 3.05) is 33.3 Å². The van der Waals surface area contributed by atoms with Gasteiger partial charge in [0.2, 0.25) is 5.91 Å². The zero-order chi connectivity index (χ0) is 22.5. The van der Waals surface area contributed by atoms with E-state index in [1.807, 2.05) is 35.2 Å². The molecule has 6 nitrogen and oxygen atoms in total. The van der Waals surface area contributed by atoms with Crippen LogP contribution in [-0.2, 0) is 17.9 Å². The number of benzene rings is 1. The molecular formula is C26H31N3O3. The van der Waals surface area contributed by atoms with Gasteiger partial charge in [-0.3, -0.25) is 9.69 Å². The van der Waals surface area contributed by atoms with E-state index in [1.54, 1.807) is 19.4 Å². The number of ether oxygens (including phenoxy) is 1. The molecule has 3 heterocycles. The van der Waals surface area contributed by atoms with Gasteiger partial charge in [-0.15, -0.1) is 0 Å². The monoisotopic (exact) mass is 433 g/mol. The molecule has 2 aromatic heterocycles. The van der Waals surface area contributed by atoms with Crippen LogP contribution in [0.1, 0.15) is 28.3 Å². The van der Waals surface area contributed by atoms with Crippen molar-refractivity contribution in [1.29, 1.82) is 0 Å². The Morgan fingerprint density at radius 1 is 1.06 bits per heavy atom. The van der Waals surface area contributed by atoms with Crippen molar-refractivity contribution in [3.63, 3.8) is 0 Å². The molecule has 6 heteroatoms. The third kappa shape index (κ3) is 5.14. The maximum absolute atomic E-state index is 12.8. The van der Waals surface area contributed by atoms with E-state index in [2.05, 4.69) is 41.5 Å². The zero-order valence-electron chi connectivity index (χ0n) is 19.1. The number of amides is 1. The van der Waals surface area contributed by atoms with E-state index in [1.165, 1.54) is 5.56 Å². The van der Waals surface area contributed by atoms with Gasteiger partial charge in [-0.05, 0) is 61.4 Å². The largest absolute Gasteiger partial charge is 0.497 e. The molecule has 32 heavy (non-hydrogen) atoms. The van der Waals surface area contributed by atoms with Gasteiger partial charge in [0.05, 0.1) is 19.9 Å². The Bertz CT molecular complexity index is 1060. The summed E-state index contributed by atoms with van der Waals surface area (Å²) in [6, 6.07) is 14.2. The minimum absolute atomic E-state index is 0.0740. The molecule has 3 aromatic rings. The van der Waals surface area contributed by atoms with E-state index in [9.17, 15) is 4.79 Å². The first kappa shape index (κ1) is 22.0. The van der Waals surface area contributed by atoms with E-state index in [-0.39, 0.29) is 5.91 Å². The summed E-state index contributed by atoms with van der Waals surface area (Å²) in [4.78, 5) is 17.1. The van der Waals surface area contributed by atoms with Crippen molar-refractivity contribution in [3.05, 3.63) is 83.1 Å². The topological polar surface area (TPSA) is 50.9 Å². The highest BCUT2D eigenvalue weighted by molar-refractivity contribution is 5.92. The molecule has 0 N–H and O–H groups in total. The highest BCUT2D eigenvalue weighted by Gasteiger charge is 2.20. The number of aromatic nitrogens is 1. The third-order valence-electron chi connectivity index (χ3n) is 6.16. The van der Waals surface area contributed by atoms with Gasteiger partial charge in [-0.25, -0.2) is 0 Å². The van der Waals surface area contributed by atoms with Gasteiger partial charge in [0.15, 0.2) is 0 Å². The Morgan fingerprint density at radius 2 is 1.81 bits per heavy atom. The average Bonchev–Trinajstić information content (AvgIpc) is 3.42. The average molecular weight is 434 g/mol. The quantitative estimate of drug-likeness (QED) is 0.526. The van der Waals surface area contributed by atoms with Crippen LogP contribution in [0.4, 0.5) is 0 Å². The number of piperazine rings is 1. The molecule has 4 rings (SSSR count). The fourth-order valence-corrected chi connectivity index (χ4v) is 4.18. The molecule has 0 atom stereocenters. The number of methoxy groups -OCH3 is 1. The highest BCUT2D eigenvalue weighted by atomic mass is 16.5. The lowest BCUT2D eigenvalue weighted by molar-refractivity contribution is -0.127. The van der Waals surface area contributed by atoms with E-state index in [0.29, 0.717) is 6.54 Å². The second-order valence-electron chi connectivity index (χ2n) is 8.27. The normalized spacial score (nSPS) is 14.9. The van der Waals surface area contributed by atoms with Crippen LogP contribution in [0.25, 0.3) is 6.08 Å². The van der Waals surface area contributed by atoms with E-state index < -0.39 is 0 Å². The molecule has 0 unspecified atom stereocenters. The lowest BCUT2D eigenvalue weighted by Crippen LogP contribution is -2.47. The van der Waals surface area contributed by atoms with Crippen molar-refractivity contribution in [2.45, 2.75) is 26.9 Å². The molecule has 1 fully saturated rings. The van der Waals surface area contributed by atoms with Crippen LogP contribution >= 0.6 is 0 Å². The van der Waals surface area contributed by atoms with Crippen LogP contribution < -0.4 is 4.74 Å². The number of aryl methyl sites for hydroxylation is 1. The number of furan rings is 1. The van der Waals surface area contributed by atoms with Crippen LogP contribution in [-0.4, -0.2) is 53.6 Å². The van der Waals surface area contributed by atoms with Gasteiger partial charge in [0.25, 0.3) is 0 Å². The van der Waals surface area contributed by atoms with Gasteiger partial charge >= 0.3 is 0 Å². The van der Waals surface area contributed by atoms with Gasteiger partial charge < -0.3 is 18.6 Å². The summed E-state index contributed by atoms with van der Waals surface area (Å²) in [5.74, 6) is 1.87. The van der Waals surface area contributed by atoms with Crippen LogP contribution in [0.2, 0.25) is 0 Å². The predicted octanol–water partition coefficient (Wildman–Crippen LogP) is 4.11. The van der Waals surface area contributed by atoms with Gasteiger partial charge in [0, 0.05) is 50.2 Å². The summed E-state index contributed by atoms with van der Waals surface area (Å²) in [5, 5.41) is 0. The second-order valence-corrected chi connectivity index (χ2v) is 8.27. The summed E-state index contributed by atoms with van der Waals surface area (Å²) in [6.45, 7) is 9.00. The molecule has 0 saturated carbocycles. The maximum Gasteiger partial charge on any atom is 0.246 e. The second kappa shape index (κ2) is 9.92. The number of rotatable bonds is 7. The molecular weight excluding hydrogens is 402 g/mol. The minimum atomic E-state index is 0.0740. The summed E-state index contributed by atoms with van der Waals surface area (Å²) in [7, 11) is 1.68. The fraction of sp³-hybridized carbons (Fsp3) is 0.346. The molecule has 0 spiro atoms. The molecule has 0 bridgehead atoms. The zero-order valence-corrected chi connectivity index (χ0v) is 19.1. The Labute approximate surface area is 189 Å². The summed E-state index contributed by atoms with van der Waals surface area (Å²) >= 11 is 0. The maximum atomic E-state index is 12.8. The molecule has 1 aliphatic rings. The fourth-order valence-electron chi connectivity index (χ4n) is 4.18. The Balaban J connectivity index is 1.31. The van der Waals surface area contributed by atoms with E-state index >= 15 is 0 Å². The number of hydrogen-bond donors (Lipinski definition) is 0. The SMILES string of the molecule is COc1ccc(CN2CCN(C(=O)C=Cc3cc(C)n(Cc4ccco4)c3C)CC2)cc1. The standard InChI is InChI=1S/C26H31N3O3/c1-20-17-23(21(2)29(20)19-25-5-4-16-32-25)8-11-26(30)28-14-12-27(13-15-28)18-22-6-9-24(31-3)10-7-22/h4-11,16-17H,12-15,18-19H2,1-3H3. The number of carbonyl (C=O) groups is 1. The summed E-state index contributed by atoms with van der Waals surface area (Å²) in [5.41, 5.74) is 4.61. The van der Waals surface area contributed by atoms with Gasteiger partial charge in [-0.1, -0.05) is 12.1 Å². The number of hydrogen-bond acceptors (Lipinski definition) is 4. The van der Waals surface area contributed by atoms with Crippen molar-refractivity contribution < 1.29 is 13.9 Å². The van der Waals surface area contributed by atoms with Crippen molar-refractivity contribution in [3.8, 4) is 5.75 Å². The molecule has 1 aromatic carbocycles. The van der Waals surface area contributed by atoms with Crippen molar-refractivity contribution in [2.24, 2.45) is 0 Å². The van der Waals surface area contributed by atoms with Crippen LogP contribution in [0, 0.1) is 13.8 Å². The first-order valence-corrected chi connectivity index (χ1v) is 11.0. The van der Waals surface area contributed by atoms with Crippen molar-refractivity contribution >= 4 is 12.0 Å². The number of carbonyl (C=O) groups excluding carboxylic acids is 1. The molecule has 1 amide bonds. The Hall–Kier alpha value is -3.25. The molecule has 1 saturated heterocycles. The summed E-state index contributed by atoms with van der Waals surface area (Å²) < 4.78 is 12.9. The van der Waals surface area contributed by atoms with E-state index in [4.69, 9.17) is 9.15 Å². The first-order chi connectivity index (χ1) is 15.5. The van der Waals surface area contributed by atoms with Crippen LogP contribution in [0.3, 0.4) is 0 Å². The van der Waals surface area contributed by atoms with Gasteiger partial charge in [0.1, 0.15) is 11.5 Å². The van der Waals surface area contributed by atoms with Crippen LogP contribution in [0.5, 0.6) is 5.75 Å². The minimum Gasteiger partial charge on any atom is -0.497 e. The van der Waals surface area contributed by atoms with Crippen molar-refractivity contribution in [1.82, 2.24) is 14.4 Å².